The van der Waals surface area contributed by atoms with Crippen molar-refractivity contribution in [3.05, 3.63) is 59.3 Å². The first-order valence-electron chi connectivity index (χ1n) is 12.0. The molecule has 1 fully saturated rings. The highest BCUT2D eigenvalue weighted by Gasteiger charge is 2.37. The molecule has 1 N–H and O–H groups in total. The van der Waals surface area contributed by atoms with E-state index in [0.717, 1.165) is 31.9 Å². The molecule has 1 aromatic heterocycles. The summed E-state index contributed by atoms with van der Waals surface area (Å²) in [7, 11) is 5.21. The highest BCUT2D eigenvalue weighted by Crippen LogP contribution is 2.40. The fraction of sp³-hybridized carbons (Fsp3) is 0.346. The molecule has 1 saturated heterocycles. The quantitative estimate of drug-likeness (QED) is 0.505. The molecule has 2 aliphatic rings. The number of aromatic nitrogens is 2. The number of rotatable bonds is 6. The number of fused-ring (bicyclic) bond motifs is 1. The molecule has 38 heavy (non-hydrogen) atoms. The van der Waals surface area contributed by atoms with E-state index in [0.29, 0.717) is 29.7 Å². The minimum Gasteiger partial charge on any atom is -0.494 e. The topological polar surface area (TPSA) is 83.1 Å². The summed E-state index contributed by atoms with van der Waals surface area (Å²) in [6, 6.07) is 10.4. The first-order valence-corrected chi connectivity index (χ1v) is 12.0. The van der Waals surface area contributed by atoms with Crippen molar-refractivity contribution in [2.75, 3.05) is 57.6 Å². The molecule has 12 heteroatoms. The van der Waals surface area contributed by atoms with Crippen LogP contribution in [-0.4, -0.2) is 73.1 Å². The molecule has 5 rings (SSSR count). The number of piperazine rings is 1. The minimum atomic E-state index is -4.77. The standard InChI is InChI=1S/C26H27F3N6O3/c1-33-9-11-35(12-10-33)17-7-8-19(21(13-17)37-3)31-25-30-14-18(26(27,28)29)23(32-25)38-20-6-4-5-16-15-34(2)24(36)22(16)20/h4-8,13-14H,9-12,15H2,1-3H3,(H,30,31,32). The Labute approximate surface area is 217 Å². The van der Waals surface area contributed by atoms with Crippen molar-refractivity contribution in [3.63, 3.8) is 0 Å². The molecule has 9 nitrogen and oxygen atoms in total. The fourth-order valence-electron chi connectivity index (χ4n) is 4.52. The van der Waals surface area contributed by atoms with E-state index in [1.807, 2.05) is 12.1 Å². The highest BCUT2D eigenvalue weighted by molar-refractivity contribution is 6.00. The van der Waals surface area contributed by atoms with E-state index in [9.17, 15) is 18.0 Å². The molecule has 0 atom stereocenters. The monoisotopic (exact) mass is 528 g/mol. The van der Waals surface area contributed by atoms with Crippen LogP contribution in [0.2, 0.25) is 0 Å². The van der Waals surface area contributed by atoms with Crippen LogP contribution < -0.4 is 19.7 Å². The minimum absolute atomic E-state index is 0.00103. The molecule has 3 aromatic rings. The number of hydrogen-bond acceptors (Lipinski definition) is 8. The van der Waals surface area contributed by atoms with Crippen molar-refractivity contribution in [1.29, 1.82) is 0 Å². The highest BCUT2D eigenvalue weighted by atomic mass is 19.4. The number of benzene rings is 2. The van der Waals surface area contributed by atoms with E-state index in [1.54, 1.807) is 25.2 Å². The van der Waals surface area contributed by atoms with Gasteiger partial charge >= 0.3 is 6.18 Å². The van der Waals surface area contributed by atoms with E-state index in [4.69, 9.17) is 9.47 Å². The van der Waals surface area contributed by atoms with Gasteiger partial charge in [0.1, 0.15) is 17.1 Å². The Bertz CT molecular complexity index is 1360. The second-order valence-corrected chi connectivity index (χ2v) is 9.26. The number of carbonyl (C=O) groups excluding carboxylic acids is 1. The molecule has 200 valence electrons. The molecule has 1 amide bonds. The number of nitrogens with zero attached hydrogens (tertiary/aromatic N) is 5. The summed E-state index contributed by atoms with van der Waals surface area (Å²) in [5, 5.41) is 2.94. The lowest BCUT2D eigenvalue weighted by molar-refractivity contribution is -0.139. The molecular formula is C26H27F3N6O3. The molecule has 0 spiro atoms. The maximum Gasteiger partial charge on any atom is 0.423 e. The number of alkyl halides is 3. The zero-order valence-corrected chi connectivity index (χ0v) is 21.2. The van der Waals surface area contributed by atoms with Crippen LogP contribution in [0.25, 0.3) is 0 Å². The third kappa shape index (κ3) is 5.03. The first kappa shape index (κ1) is 25.6. The van der Waals surface area contributed by atoms with Gasteiger partial charge < -0.3 is 29.5 Å². The van der Waals surface area contributed by atoms with E-state index in [2.05, 4.69) is 32.1 Å². The van der Waals surface area contributed by atoms with Gasteiger partial charge in [0.15, 0.2) is 0 Å². The van der Waals surface area contributed by atoms with Gasteiger partial charge in [-0.1, -0.05) is 12.1 Å². The SMILES string of the molecule is COc1cc(N2CCN(C)CC2)ccc1Nc1ncc(C(F)(F)F)c(Oc2cccc3c2C(=O)N(C)C3)n1. The van der Waals surface area contributed by atoms with Gasteiger partial charge in [-0.3, -0.25) is 4.79 Å². The predicted octanol–water partition coefficient (Wildman–Crippen LogP) is 4.38. The number of amides is 1. The largest absolute Gasteiger partial charge is 0.494 e. The molecular weight excluding hydrogens is 501 g/mol. The summed E-state index contributed by atoms with van der Waals surface area (Å²) in [6.07, 6.45) is -4.11. The van der Waals surface area contributed by atoms with Crippen molar-refractivity contribution in [3.8, 4) is 17.4 Å². The smallest absolute Gasteiger partial charge is 0.423 e. The van der Waals surface area contributed by atoms with Gasteiger partial charge in [-0.05, 0) is 30.8 Å². The number of likely N-dealkylation sites (N-methyl/N-ethyl adjacent to an activating group) is 1. The lowest BCUT2D eigenvalue weighted by atomic mass is 10.1. The second-order valence-electron chi connectivity index (χ2n) is 9.26. The summed E-state index contributed by atoms with van der Waals surface area (Å²) < 4.78 is 52.6. The molecule has 3 heterocycles. The average molecular weight is 529 g/mol. The molecule has 2 aliphatic heterocycles. The number of nitrogens with one attached hydrogen (secondary N) is 1. The molecule has 0 radical (unpaired) electrons. The number of halogens is 3. The van der Waals surface area contributed by atoms with Crippen molar-refractivity contribution in [2.45, 2.75) is 12.7 Å². The molecule has 0 unspecified atom stereocenters. The van der Waals surface area contributed by atoms with Crippen LogP contribution >= 0.6 is 0 Å². The van der Waals surface area contributed by atoms with Gasteiger partial charge in [-0.25, -0.2) is 4.98 Å². The van der Waals surface area contributed by atoms with E-state index in [1.165, 1.54) is 18.1 Å². The van der Waals surface area contributed by atoms with E-state index < -0.39 is 17.6 Å². The Balaban J connectivity index is 1.45. The summed E-state index contributed by atoms with van der Waals surface area (Å²) in [4.78, 5) is 26.4. The first-order chi connectivity index (χ1) is 18.1. The summed E-state index contributed by atoms with van der Waals surface area (Å²) in [5.41, 5.74) is 1.19. The van der Waals surface area contributed by atoms with Crippen LogP contribution in [0, 0.1) is 0 Å². The zero-order chi connectivity index (χ0) is 27.0. The third-order valence-corrected chi connectivity index (χ3v) is 6.65. The van der Waals surface area contributed by atoms with Crippen LogP contribution in [0.15, 0.2) is 42.6 Å². The van der Waals surface area contributed by atoms with Crippen molar-refractivity contribution in [2.24, 2.45) is 0 Å². The van der Waals surface area contributed by atoms with Gasteiger partial charge in [0.25, 0.3) is 5.91 Å². The molecule has 0 saturated carbocycles. The van der Waals surface area contributed by atoms with Gasteiger partial charge in [0.2, 0.25) is 11.8 Å². The number of ether oxygens (including phenoxy) is 2. The Morgan fingerprint density at radius 3 is 2.50 bits per heavy atom. The number of hydrogen-bond donors (Lipinski definition) is 1. The Morgan fingerprint density at radius 1 is 1.03 bits per heavy atom. The number of carbonyl (C=O) groups is 1. The molecule has 0 aliphatic carbocycles. The lowest BCUT2D eigenvalue weighted by Gasteiger charge is -2.34. The van der Waals surface area contributed by atoms with Gasteiger partial charge in [-0.15, -0.1) is 0 Å². The molecule has 0 bridgehead atoms. The average Bonchev–Trinajstić information content (AvgIpc) is 3.18. The lowest BCUT2D eigenvalue weighted by Crippen LogP contribution is -2.44. The number of methoxy groups -OCH3 is 1. The van der Waals surface area contributed by atoms with Crippen LogP contribution in [0.3, 0.4) is 0 Å². The summed E-state index contributed by atoms with van der Waals surface area (Å²) in [5.74, 6) is -0.668. The van der Waals surface area contributed by atoms with Crippen molar-refractivity contribution in [1.82, 2.24) is 19.8 Å². The zero-order valence-electron chi connectivity index (χ0n) is 21.2. The normalized spacial score (nSPS) is 16.0. The van der Waals surface area contributed by atoms with Crippen LogP contribution in [0.1, 0.15) is 21.5 Å². The maximum atomic E-state index is 13.8. The van der Waals surface area contributed by atoms with E-state index >= 15 is 0 Å². The Kier molecular flexibility index (Phi) is 6.74. The molecule has 2 aromatic carbocycles. The van der Waals surface area contributed by atoms with Crippen molar-refractivity contribution < 1.29 is 27.4 Å². The second kappa shape index (κ2) is 10.0. The van der Waals surface area contributed by atoms with Crippen LogP contribution in [0.5, 0.6) is 17.4 Å². The van der Waals surface area contributed by atoms with E-state index in [-0.39, 0.29) is 23.2 Å². The third-order valence-electron chi connectivity index (χ3n) is 6.65. The van der Waals surface area contributed by atoms with Crippen LogP contribution in [-0.2, 0) is 12.7 Å². The predicted molar refractivity (Wildman–Crippen MR) is 135 cm³/mol. The van der Waals surface area contributed by atoms with Gasteiger partial charge in [0, 0.05) is 57.7 Å². The summed E-state index contributed by atoms with van der Waals surface area (Å²) >= 11 is 0. The van der Waals surface area contributed by atoms with Crippen LogP contribution in [0.4, 0.5) is 30.5 Å². The Hall–Kier alpha value is -4.06. The van der Waals surface area contributed by atoms with Gasteiger partial charge in [-0.2, -0.15) is 18.2 Å². The maximum absolute atomic E-state index is 13.8. The van der Waals surface area contributed by atoms with Crippen molar-refractivity contribution >= 4 is 23.2 Å². The summed E-state index contributed by atoms with van der Waals surface area (Å²) in [6.45, 7) is 3.97. The Morgan fingerprint density at radius 2 is 1.79 bits per heavy atom. The van der Waals surface area contributed by atoms with Gasteiger partial charge in [0.05, 0.1) is 18.4 Å². The fourth-order valence-corrected chi connectivity index (χ4v) is 4.52. The number of anilines is 3.